The van der Waals surface area contributed by atoms with Crippen LogP contribution in [0.15, 0.2) is 30.3 Å². The first kappa shape index (κ1) is 19.5. The van der Waals surface area contributed by atoms with E-state index in [0.29, 0.717) is 41.3 Å². The molecule has 0 aliphatic rings. The lowest BCUT2D eigenvalue weighted by atomic mass is 10.3. The van der Waals surface area contributed by atoms with E-state index < -0.39 is 0 Å². The molecule has 148 valence electrons. The molecular weight excluding hydrogens is 374 g/mol. The number of nitrogens with one attached hydrogen (secondary N) is 5. The molecule has 7 N–H and O–H groups in total. The van der Waals surface area contributed by atoms with Crippen molar-refractivity contribution >= 4 is 57.3 Å². The van der Waals surface area contributed by atoms with Crippen LogP contribution in [0.5, 0.6) is 0 Å². The van der Waals surface area contributed by atoms with E-state index in [1.165, 1.54) is 0 Å². The van der Waals surface area contributed by atoms with Crippen LogP contribution in [0.4, 0.5) is 29.0 Å². The summed E-state index contributed by atoms with van der Waals surface area (Å²) in [5.74, 6) is 1.75. The van der Waals surface area contributed by atoms with Gasteiger partial charge in [0.1, 0.15) is 16.7 Å². The van der Waals surface area contributed by atoms with Crippen LogP contribution >= 0.6 is 12.2 Å². The van der Waals surface area contributed by atoms with Gasteiger partial charge in [0.2, 0.25) is 5.95 Å². The lowest BCUT2D eigenvalue weighted by Crippen LogP contribution is -2.31. The molecule has 0 unspecified atom stereocenters. The number of hydrogen-bond donors (Lipinski definition) is 6. The van der Waals surface area contributed by atoms with Crippen molar-refractivity contribution in [1.82, 2.24) is 19.9 Å². The molecule has 0 fully saturated rings. The second kappa shape index (κ2) is 8.61. The Kier molecular flexibility index (Phi) is 5.99. The predicted molar refractivity (Wildman–Crippen MR) is 121 cm³/mol. The first-order chi connectivity index (χ1) is 13.6. The molecule has 0 spiro atoms. The van der Waals surface area contributed by atoms with E-state index in [2.05, 4.69) is 41.1 Å². The predicted octanol–water partition coefficient (Wildman–Crippen LogP) is 2.13. The third kappa shape index (κ3) is 3.86. The van der Waals surface area contributed by atoms with Gasteiger partial charge in [0.25, 0.3) is 0 Å². The SMILES string of the molecule is CNc1nc(N)c2nc(NC)n(CCNC(=S)Nc3ccccc3)c2c1NC. The third-order valence-electron chi connectivity index (χ3n) is 4.28. The number of para-hydroxylation sites is 1. The number of fused-ring (bicyclic) bond motifs is 1. The van der Waals surface area contributed by atoms with Gasteiger partial charge in [0.05, 0.1) is 0 Å². The zero-order chi connectivity index (χ0) is 20.1. The van der Waals surface area contributed by atoms with E-state index >= 15 is 0 Å². The molecule has 10 heteroatoms. The van der Waals surface area contributed by atoms with Crippen LogP contribution in [-0.4, -0.2) is 47.3 Å². The Morgan fingerprint density at radius 1 is 1.07 bits per heavy atom. The largest absolute Gasteiger partial charge is 0.383 e. The maximum absolute atomic E-state index is 6.13. The van der Waals surface area contributed by atoms with Gasteiger partial charge in [-0.1, -0.05) is 18.2 Å². The van der Waals surface area contributed by atoms with Crippen molar-refractivity contribution < 1.29 is 0 Å². The minimum Gasteiger partial charge on any atom is -0.383 e. The Morgan fingerprint density at radius 2 is 1.82 bits per heavy atom. The molecule has 1 aromatic carbocycles. The van der Waals surface area contributed by atoms with Crippen molar-refractivity contribution in [1.29, 1.82) is 0 Å². The lowest BCUT2D eigenvalue weighted by molar-refractivity contribution is 0.699. The highest BCUT2D eigenvalue weighted by Crippen LogP contribution is 2.34. The summed E-state index contributed by atoms with van der Waals surface area (Å²) in [5.41, 5.74) is 9.44. The van der Waals surface area contributed by atoms with Crippen LogP contribution in [0, 0.1) is 0 Å². The monoisotopic (exact) mass is 399 g/mol. The maximum atomic E-state index is 6.13. The van der Waals surface area contributed by atoms with Gasteiger partial charge < -0.3 is 36.9 Å². The number of nitrogens with zero attached hydrogens (tertiary/aromatic N) is 3. The standard InChI is InChI=1S/C18H25N9S/c1-20-13-14-12(15(19)26-16(13)21-2)25-17(22-3)27(14)10-9-23-18(28)24-11-7-5-4-6-8-11/h4-8,20H,9-10H2,1-3H3,(H,22,25)(H3,19,21,26)(H2,23,24,28). The number of anilines is 5. The van der Waals surface area contributed by atoms with Crippen molar-refractivity contribution in [3.63, 3.8) is 0 Å². The second-order valence-electron chi connectivity index (χ2n) is 6.00. The van der Waals surface area contributed by atoms with Crippen molar-refractivity contribution in [3.8, 4) is 0 Å². The minimum atomic E-state index is 0.378. The first-order valence-electron chi connectivity index (χ1n) is 8.91. The van der Waals surface area contributed by atoms with Gasteiger partial charge in [-0.15, -0.1) is 0 Å². The number of nitrogens with two attached hydrogens (primary N) is 1. The van der Waals surface area contributed by atoms with E-state index in [9.17, 15) is 0 Å². The summed E-state index contributed by atoms with van der Waals surface area (Å²) in [5, 5.41) is 16.4. The number of thiocarbonyl (C=S) groups is 1. The quantitative estimate of drug-likeness (QED) is 0.332. The van der Waals surface area contributed by atoms with Gasteiger partial charge in [-0.05, 0) is 24.4 Å². The molecule has 0 aliphatic carbocycles. The highest BCUT2D eigenvalue weighted by molar-refractivity contribution is 7.80. The Morgan fingerprint density at radius 3 is 2.46 bits per heavy atom. The van der Waals surface area contributed by atoms with E-state index in [0.717, 1.165) is 16.9 Å². The molecule has 0 saturated heterocycles. The smallest absolute Gasteiger partial charge is 0.203 e. The summed E-state index contributed by atoms with van der Waals surface area (Å²) in [6.07, 6.45) is 0. The van der Waals surface area contributed by atoms with Crippen LogP contribution in [0.1, 0.15) is 0 Å². The fourth-order valence-electron chi connectivity index (χ4n) is 3.03. The number of nitrogen functional groups attached to an aromatic ring is 1. The molecular formula is C18H25N9S. The van der Waals surface area contributed by atoms with Crippen molar-refractivity contribution in [2.75, 3.05) is 54.7 Å². The van der Waals surface area contributed by atoms with E-state index in [4.69, 9.17) is 18.0 Å². The van der Waals surface area contributed by atoms with Gasteiger partial charge >= 0.3 is 0 Å². The van der Waals surface area contributed by atoms with E-state index in [1.54, 1.807) is 0 Å². The van der Waals surface area contributed by atoms with Crippen LogP contribution in [-0.2, 0) is 6.54 Å². The Hall–Kier alpha value is -3.27. The lowest BCUT2D eigenvalue weighted by Gasteiger charge is -2.15. The zero-order valence-corrected chi connectivity index (χ0v) is 16.9. The fraction of sp³-hybridized carbons (Fsp3) is 0.278. The topological polar surface area (TPSA) is 117 Å². The van der Waals surface area contributed by atoms with Crippen LogP contribution < -0.4 is 32.3 Å². The van der Waals surface area contributed by atoms with E-state index in [1.807, 2.05) is 51.5 Å². The maximum Gasteiger partial charge on any atom is 0.203 e. The van der Waals surface area contributed by atoms with Crippen LogP contribution in [0.3, 0.4) is 0 Å². The van der Waals surface area contributed by atoms with Gasteiger partial charge in [-0.2, -0.15) is 0 Å². The van der Waals surface area contributed by atoms with Crippen molar-refractivity contribution in [2.45, 2.75) is 6.54 Å². The zero-order valence-electron chi connectivity index (χ0n) is 16.1. The summed E-state index contributed by atoms with van der Waals surface area (Å²) in [7, 11) is 5.48. The highest BCUT2D eigenvalue weighted by Gasteiger charge is 2.19. The molecule has 28 heavy (non-hydrogen) atoms. The number of aromatic nitrogens is 3. The number of benzene rings is 1. The molecule has 0 saturated carbocycles. The average molecular weight is 400 g/mol. The molecule has 2 heterocycles. The highest BCUT2D eigenvalue weighted by atomic mass is 32.1. The second-order valence-corrected chi connectivity index (χ2v) is 6.41. The molecule has 3 aromatic rings. The van der Waals surface area contributed by atoms with Gasteiger partial charge in [0, 0.05) is 39.9 Å². The normalized spacial score (nSPS) is 10.5. The summed E-state index contributed by atoms with van der Waals surface area (Å²) in [6.45, 7) is 1.24. The molecule has 9 nitrogen and oxygen atoms in total. The molecule has 0 radical (unpaired) electrons. The molecule has 2 aromatic heterocycles. The van der Waals surface area contributed by atoms with Gasteiger partial charge in [-0.25, -0.2) is 9.97 Å². The number of hydrogen-bond acceptors (Lipinski definition) is 7. The van der Waals surface area contributed by atoms with Crippen LogP contribution in [0.25, 0.3) is 11.0 Å². The van der Waals surface area contributed by atoms with Gasteiger partial charge in [-0.3, -0.25) is 0 Å². The van der Waals surface area contributed by atoms with Gasteiger partial charge in [0.15, 0.2) is 16.7 Å². The van der Waals surface area contributed by atoms with E-state index in [-0.39, 0.29) is 0 Å². The summed E-state index contributed by atoms with van der Waals surface area (Å²) < 4.78 is 2.05. The summed E-state index contributed by atoms with van der Waals surface area (Å²) in [4.78, 5) is 8.99. The number of rotatable bonds is 7. The average Bonchev–Trinajstić information content (AvgIpc) is 3.08. The molecule has 0 bridgehead atoms. The Bertz CT molecular complexity index is 968. The molecule has 0 amide bonds. The fourth-order valence-corrected chi connectivity index (χ4v) is 3.25. The molecule has 3 rings (SSSR count). The minimum absolute atomic E-state index is 0.378. The Labute approximate surface area is 169 Å². The number of imidazole rings is 1. The summed E-state index contributed by atoms with van der Waals surface area (Å²) in [6, 6.07) is 9.80. The molecule has 0 aliphatic heterocycles. The first-order valence-corrected chi connectivity index (χ1v) is 9.32. The Balaban J connectivity index is 1.82. The van der Waals surface area contributed by atoms with Crippen molar-refractivity contribution in [3.05, 3.63) is 30.3 Å². The summed E-state index contributed by atoms with van der Waals surface area (Å²) >= 11 is 5.38. The molecule has 0 atom stereocenters. The van der Waals surface area contributed by atoms with Crippen molar-refractivity contribution in [2.24, 2.45) is 0 Å². The number of pyridine rings is 1. The third-order valence-corrected chi connectivity index (χ3v) is 4.53. The van der Waals surface area contributed by atoms with Crippen LogP contribution in [0.2, 0.25) is 0 Å².